The van der Waals surface area contributed by atoms with E-state index >= 15 is 0 Å². The molecule has 1 saturated heterocycles. The van der Waals surface area contributed by atoms with Crippen LogP contribution in [-0.2, 0) is 14.9 Å². The number of nitrogens with one attached hydrogen (secondary N) is 1. The van der Waals surface area contributed by atoms with Gasteiger partial charge in [0.15, 0.2) is 0 Å². The minimum absolute atomic E-state index is 0.269. The molecule has 112 valence electrons. The highest BCUT2D eigenvalue weighted by Gasteiger charge is 2.34. The van der Waals surface area contributed by atoms with Crippen molar-refractivity contribution in [3.63, 3.8) is 0 Å². The van der Waals surface area contributed by atoms with Crippen molar-refractivity contribution < 1.29 is 18.3 Å². The molecule has 0 amide bonds. The van der Waals surface area contributed by atoms with Crippen LogP contribution in [0.1, 0.15) is 18.4 Å². The Hall–Kier alpha value is -1.04. The Balaban J connectivity index is 2.16. The zero-order valence-electron chi connectivity index (χ0n) is 11.8. The summed E-state index contributed by atoms with van der Waals surface area (Å²) in [5, 5.41) is 3.31. The van der Waals surface area contributed by atoms with Gasteiger partial charge in [0.2, 0.25) is 0 Å². The summed E-state index contributed by atoms with van der Waals surface area (Å²) in [7, 11) is 1.65. The normalized spacial score (nSPS) is 18.1. The van der Waals surface area contributed by atoms with E-state index < -0.39 is 11.6 Å². The van der Waals surface area contributed by atoms with Gasteiger partial charge in [-0.15, -0.1) is 0 Å². The molecule has 0 atom stereocenters. The van der Waals surface area contributed by atoms with Crippen LogP contribution in [0.5, 0.6) is 0 Å². The Morgan fingerprint density at radius 3 is 2.45 bits per heavy atom. The van der Waals surface area contributed by atoms with E-state index in [1.165, 1.54) is 12.1 Å². The highest BCUT2D eigenvalue weighted by molar-refractivity contribution is 5.28. The van der Waals surface area contributed by atoms with Crippen molar-refractivity contribution in [3.8, 4) is 0 Å². The summed E-state index contributed by atoms with van der Waals surface area (Å²) in [6.07, 6.45) is 1.52. The van der Waals surface area contributed by atoms with Crippen LogP contribution in [-0.4, -0.2) is 40.0 Å². The van der Waals surface area contributed by atoms with E-state index in [9.17, 15) is 8.78 Å². The maximum absolute atomic E-state index is 13.5. The first kappa shape index (κ1) is 15.4. The van der Waals surface area contributed by atoms with Crippen LogP contribution < -0.4 is 5.32 Å². The molecule has 0 unspecified atom stereocenters. The van der Waals surface area contributed by atoms with E-state index in [4.69, 9.17) is 9.47 Å². The quantitative estimate of drug-likeness (QED) is 0.813. The summed E-state index contributed by atoms with van der Waals surface area (Å²) >= 11 is 0. The summed E-state index contributed by atoms with van der Waals surface area (Å²) in [5.41, 5.74) is 0.442. The van der Waals surface area contributed by atoms with E-state index in [0.29, 0.717) is 31.9 Å². The predicted octanol–water partition coefficient (Wildman–Crippen LogP) is 2.25. The minimum atomic E-state index is -0.525. The Kier molecular flexibility index (Phi) is 5.46. The Labute approximate surface area is 118 Å². The third-order valence-corrected chi connectivity index (χ3v) is 3.87. The van der Waals surface area contributed by atoms with Gasteiger partial charge < -0.3 is 14.8 Å². The molecule has 2 rings (SSSR count). The summed E-state index contributed by atoms with van der Waals surface area (Å²) in [5.74, 6) is -1.05. The molecule has 1 aromatic carbocycles. The number of benzene rings is 1. The lowest BCUT2D eigenvalue weighted by Gasteiger charge is -2.38. The van der Waals surface area contributed by atoms with Gasteiger partial charge in [-0.05, 0) is 30.5 Å². The number of ether oxygens (including phenoxy) is 2. The molecule has 1 aliphatic heterocycles. The molecule has 0 spiro atoms. The number of methoxy groups -OCH3 is 1. The standard InChI is InChI=1S/C15H21F2NO2/c1-19-7-4-18-11-15(2-5-20-6-3-15)12-8-13(16)10-14(17)9-12/h8-10,18H,2-7,11H2,1H3. The van der Waals surface area contributed by atoms with Crippen LogP contribution in [0.3, 0.4) is 0 Å². The van der Waals surface area contributed by atoms with Crippen LogP contribution >= 0.6 is 0 Å². The topological polar surface area (TPSA) is 30.5 Å². The van der Waals surface area contributed by atoms with Gasteiger partial charge in [-0.2, -0.15) is 0 Å². The molecular formula is C15H21F2NO2. The minimum Gasteiger partial charge on any atom is -0.383 e. The summed E-state index contributed by atoms with van der Waals surface area (Å²) in [4.78, 5) is 0. The molecule has 0 saturated carbocycles. The van der Waals surface area contributed by atoms with E-state index in [2.05, 4.69) is 5.32 Å². The van der Waals surface area contributed by atoms with E-state index in [-0.39, 0.29) is 5.41 Å². The fourth-order valence-corrected chi connectivity index (χ4v) is 2.69. The Bertz CT molecular complexity index is 414. The van der Waals surface area contributed by atoms with Crippen molar-refractivity contribution in [1.29, 1.82) is 0 Å². The maximum atomic E-state index is 13.5. The van der Waals surface area contributed by atoms with Crippen molar-refractivity contribution >= 4 is 0 Å². The van der Waals surface area contributed by atoms with Crippen molar-refractivity contribution in [2.24, 2.45) is 0 Å². The lowest BCUT2D eigenvalue weighted by atomic mass is 9.74. The Morgan fingerprint density at radius 2 is 1.85 bits per heavy atom. The second-order valence-electron chi connectivity index (χ2n) is 5.22. The second-order valence-corrected chi connectivity index (χ2v) is 5.22. The molecule has 20 heavy (non-hydrogen) atoms. The zero-order chi connectivity index (χ0) is 14.4. The largest absolute Gasteiger partial charge is 0.383 e. The lowest BCUT2D eigenvalue weighted by Crippen LogP contribution is -2.43. The molecule has 1 aromatic rings. The summed E-state index contributed by atoms with van der Waals surface area (Å²) in [6, 6.07) is 3.79. The summed E-state index contributed by atoms with van der Waals surface area (Å²) in [6.45, 7) is 3.23. The van der Waals surface area contributed by atoms with Crippen molar-refractivity contribution in [3.05, 3.63) is 35.4 Å². The highest BCUT2D eigenvalue weighted by Crippen LogP contribution is 2.35. The second kappa shape index (κ2) is 7.11. The van der Waals surface area contributed by atoms with E-state index in [0.717, 1.165) is 25.5 Å². The average Bonchev–Trinajstić information content (AvgIpc) is 2.44. The number of hydrogen-bond acceptors (Lipinski definition) is 3. The van der Waals surface area contributed by atoms with Gasteiger partial charge >= 0.3 is 0 Å². The monoisotopic (exact) mass is 285 g/mol. The SMILES string of the molecule is COCCNCC1(c2cc(F)cc(F)c2)CCOCC1. The molecule has 5 heteroatoms. The highest BCUT2D eigenvalue weighted by atomic mass is 19.1. The molecule has 3 nitrogen and oxygen atoms in total. The van der Waals surface area contributed by atoms with Crippen molar-refractivity contribution in [2.75, 3.05) is 40.0 Å². The molecule has 0 bridgehead atoms. The third-order valence-electron chi connectivity index (χ3n) is 3.87. The van der Waals surface area contributed by atoms with Crippen molar-refractivity contribution in [2.45, 2.75) is 18.3 Å². The average molecular weight is 285 g/mol. The Morgan fingerprint density at radius 1 is 1.20 bits per heavy atom. The first-order valence-corrected chi connectivity index (χ1v) is 6.90. The van der Waals surface area contributed by atoms with Crippen LogP contribution in [0.4, 0.5) is 8.78 Å². The van der Waals surface area contributed by atoms with Gasteiger partial charge in [-0.25, -0.2) is 8.78 Å². The maximum Gasteiger partial charge on any atom is 0.126 e. The third kappa shape index (κ3) is 3.75. The van der Waals surface area contributed by atoms with Gasteiger partial charge in [0.1, 0.15) is 11.6 Å². The van der Waals surface area contributed by atoms with Crippen LogP contribution in [0.25, 0.3) is 0 Å². The molecule has 1 fully saturated rings. The molecule has 1 heterocycles. The van der Waals surface area contributed by atoms with Gasteiger partial charge in [0, 0.05) is 44.9 Å². The van der Waals surface area contributed by atoms with Crippen LogP contribution in [0.15, 0.2) is 18.2 Å². The molecule has 0 aliphatic carbocycles. The lowest BCUT2D eigenvalue weighted by molar-refractivity contribution is 0.0490. The predicted molar refractivity (Wildman–Crippen MR) is 72.8 cm³/mol. The number of halogens is 2. The van der Waals surface area contributed by atoms with Crippen LogP contribution in [0.2, 0.25) is 0 Å². The number of rotatable bonds is 6. The summed E-state index contributed by atoms with van der Waals surface area (Å²) < 4.78 is 37.4. The van der Waals surface area contributed by atoms with E-state index in [1.807, 2.05) is 0 Å². The molecule has 0 aromatic heterocycles. The zero-order valence-corrected chi connectivity index (χ0v) is 11.8. The molecular weight excluding hydrogens is 264 g/mol. The van der Waals surface area contributed by atoms with Crippen LogP contribution in [0, 0.1) is 11.6 Å². The van der Waals surface area contributed by atoms with Gasteiger partial charge in [0.25, 0.3) is 0 Å². The first-order chi connectivity index (χ1) is 9.66. The van der Waals surface area contributed by atoms with Gasteiger partial charge in [-0.1, -0.05) is 0 Å². The fourth-order valence-electron chi connectivity index (χ4n) is 2.69. The fraction of sp³-hybridized carbons (Fsp3) is 0.600. The molecule has 1 N–H and O–H groups in total. The molecule has 1 aliphatic rings. The molecule has 0 radical (unpaired) electrons. The smallest absolute Gasteiger partial charge is 0.126 e. The first-order valence-electron chi connectivity index (χ1n) is 6.90. The number of hydrogen-bond donors (Lipinski definition) is 1. The van der Waals surface area contributed by atoms with E-state index in [1.54, 1.807) is 7.11 Å². The van der Waals surface area contributed by atoms with Gasteiger partial charge in [-0.3, -0.25) is 0 Å². The van der Waals surface area contributed by atoms with Gasteiger partial charge in [0.05, 0.1) is 6.61 Å². The van der Waals surface area contributed by atoms with Crippen molar-refractivity contribution in [1.82, 2.24) is 5.32 Å².